The molecular formula is C71H56N12O10S. The van der Waals surface area contributed by atoms with Gasteiger partial charge in [0.25, 0.3) is 17.7 Å². The van der Waals surface area contributed by atoms with Crippen molar-refractivity contribution < 1.29 is 47.4 Å². The number of hydrogen-bond donors (Lipinski definition) is 6. The van der Waals surface area contributed by atoms with Gasteiger partial charge in [-0.25, -0.2) is 0 Å². The smallest absolute Gasteiger partial charge is 0.257 e. The highest BCUT2D eigenvalue weighted by Crippen LogP contribution is 2.25. The molecule has 6 amide bonds. The van der Waals surface area contributed by atoms with Crippen LogP contribution in [0, 0.1) is 0 Å². The largest absolute Gasteiger partial charge is 0.487 e. The van der Waals surface area contributed by atoms with E-state index < -0.39 is 17.7 Å². The number of carbonyl (C=O) groups is 6. The van der Waals surface area contributed by atoms with Gasteiger partial charge in [-0.1, -0.05) is 72.8 Å². The Bertz CT molecular complexity index is 4390. The lowest BCUT2D eigenvalue weighted by Crippen LogP contribution is -2.12. The predicted octanol–water partition coefficient (Wildman–Crippen LogP) is 11.9. The Balaban J connectivity index is 0.000000154. The van der Waals surface area contributed by atoms with Gasteiger partial charge in [0.1, 0.15) is 42.8 Å². The molecule has 23 heteroatoms. The summed E-state index contributed by atoms with van der Waals surface area (Å²) in [6, 6.07) is 54.3. The number of amides is 6. The molecule has 0 saturated carbocycles. The fraction of sp³-hybridized carbons (Fsp3) is 0.0423. The molecule has 94 heavy (non-hydrogen) atoms. The van der Waals surface area contributed by atoms with Crippen LogP contribution in [0.3, 0.4) is 0 Å². The van der Waals surface area contributed by atoms with Crippen molar-refractivity contribution in [2.24, 2.45) is 17.2 Å². The zero-order valence-electron chi connectivity index (χ0n) is 49.7. The van der Waals surface area contributed by atoms with Gasteiger partial charge in [0.05, 0.1) is 74.5 Å². The van der Waals surface area contributed by atoms with Crippen LogP contribution in [0.15, 0.2) is 254 Å². The van der Waals surface area contributed by atoms with Crippen LogP contribution in [0.4, 0.5) is 17.1 Å². The molecular weight excluding hydrogens is 1210 g/mol. The second-order valence-corrected chi connectivity index (χ2v) is 21.2. The summed E-state index contributed by atoms with van der Waals surface area (Å²) in [5, 5.41) is 10.6. The maximum Gasteiger partial charge on any atom is 0.257 e. The zero-order valence-corrected chi connectivity index (χ0v) is 50.5. The van der Waals surface area contributed by atoms with Gasteiger partial charge >= 0.3 is 0 Å². The molecule has 12 aromatic rings. The lowest BCUT2D eigenvalue weighted by molar-refractivity contribution is 0.0991. The van der Waals surface area contributed by atoms with Crippen molar-refractivity contribution in [3.05, 3.63) is 299 Å². The van der Waals surface area contributed by atoms with Crippen molar-refractivity contribution in [1.82, 2.24) is 29.9 Å². The molecule has 0 unspecified atom stereocenters. The minimum atomic E-state index is -0.575. The van der Waals surface area contributed by atoms with E-state index in [1.807, 2.05) is 109 Å². The Morgan fingerprint density at radius 2 is 0.798 bits per heavy atom. The monoisotopic (exact) mass is 1270 g/mol. The molecule has 0 saturated heterocycles. The van der Waals surface area contributed by atoms with Crippen LogP contribution in [0.1, 0.15) is 78.8 Å². The molecule has 0 radical (unpaired) electrons. The van der Waals surface area contributed by atoms with Crippen LogP contribution in [0.2, 0.25) is 0 Å². The number of ether oxygens (including phenoxy) is 3. The van der Waals surface area contributed by atoms with E-state index in [1.54, 1.807) is 90.7 Å². The molecule has 12 rings (SSSR count). The topological polar surface area (TPSA) is 335 Å². The average Bonchev–Trinajstić information content (AvgIpc) is 3.77. The highest BCUT2D eigenvalue weighted by Gasteiger charge is 2.14. The lowest BCUT2D eigenvalue weighted by Gasteiger charge is -2.10. The number of pyridine rings is 6. The number of anilines is 3. The van der Waals surface area contributed by atoms with E-state index >= 15 is 0 Å². The van der Waals surface area contributed by atoms with Gasteiger partial charge in [0.15, 0.2) is 5.76 Å². The molecule has 8 aromatic heterocycles. The summed E-state index contributed by atoms with van der Waals surface area (Å²) in [7, 11) is 0. The van der Waals surface area contributed by atoms with Crippen LogP contribution in [0.25, 0.3) is 33.3 Å². The van der Waals surface area contributed by atoms with Gasteiger partial charge in [-0.2, -0.15) is 0 Å². The highest BCUT2D eigenvalue weighted by atomic mass is 32.1. The predicted molar refractivity (Wildman–Crippen MR) is 354 cm³/mol. The normalized spacial score (nSPS) is 10.4. The molecule has 0 aliphatic carbocycles. The van der Waals surface area contributed by atoms with Gasteiger partial charge in [-0.05, 0) is 131 Å². The van der Waals surface area contributed by atoms with Gasteiger partial charge in [0.2, 0.25) is 17.7 Å². The van der Waals surface area contributed by atoms with Crippen molar-refractivity contribution >= 4 is 63.8 Å². The summed E-state index contributed by atoms with van der Waals surface area (Å²) in [6.45, 7) is 0.707. The van der Waals surface area contributed by atoms with E-state index in [9.17, 15) is 28.8 Å². The third-order valence-corrected chi connectivity index (χ3v) is 14.4. The van der Waals surface area contributed by atoms with E-state index in [2.05, 4.69) is 45.9 Å². The number of carbonyl (C=O) groups excluding carboxylic acids is 6. The minimum absolute atomic E-state index is 0.229. The van der Waals surface area contributed by atoms with Gasteiger partial charge in [-0.3, -0.25) is 58.7 Å². The molecule has 9 N–H and O–H groups in total. The maximum absolute atomic E-state index is 12.6. The van der Waals surface area contributed by atoms with Crippen molar-refractivity contribution in [1.29, 1.82) is 0 Å². The van der Waals surface area contributed by atoms with Crippen LogP contribution >= 0.6 is 11.3 Å². The van der Waals surface area contributed by atoms with Crippen LogP contribution in [0.5, 0.6) is 17.2 Å². The lowest BCUT2D eigenvalue weighted by atomic mass is 10.1. The molecule has 0 aliphatic rings. The third-order valence-electron chi connectivity index (χ3n) is 13.5. The maximum atomic E-state index is 12.6. The Morgan fingerprint density at radius 3 is 1.16 bits per heavy atom. The Kier molecular flexibility index (Phi) is 21.4. The van der Waals surface area contributed by atoms with E-state index in [4.69, 9.17) is 35.8 Å². The molecule has 22 nitrogen and oxygen atoms in total. The number of rotatable bonds is 21. The highest BCUT2D eigenvalue weighted by molar-refractivity contribution is 7.13. The summed E-state index contributed by atoms with van der Waals surface area (Å²) < 4.78 is 22.3. The first kappa shape index (κ1) is 64.0. The van der Waals surface area contributed by atoms with E-state index in [-0.39, 0.29) is 54.2 Å². The number of thiophene rings is 1. The molecule has 4 aromatic carbocycles. The SMILES string of the molecule is NC(=O)c1cncc(OCc2cccc(NC(=O)c3ccc(-c4ccccc4)nc3)c2)c1.NC(=O)c1cncc(OCc2cccc(NC(=O)c3ccc(-c4ccco4)nc3)c2)c1.NC(=O)c1cncc(OCc2cccc(NC(=O)c3ccc(-c4cccs4)nc3)c2)c1. The second kappa shape index (κ2) is 31.4. The van der Waals surface area contributed by atoms with Crippen molar-refractivity contribution in [3.8, 4) is 50.5 Å². The first-order valence-corrected chi connectivity index (χ1v) is 29.5. The number of nitrogens with two attached hydrogens (primary N) is 3. The first-order valence-electron chi connectivity index (χ1n) is 28.6. The Morgan fingerprint density at radius 1 is 0.383 bits per heavy atom. The minimum Gasteiger partial charge on any atom is -0.487 e. The average molecular weight is 1270 g/mol. The second-order valence-electron chi connectivity index (χ2n) is 20.3. The molecule has 0 spiro atoms. The number of benzene rings is 4. The van der Waals surface area contributed by atoms with Crippen molar-refractivity contribution in [2.75, 3.05) is 16.0 Å². The van der Waals surface area contributed by atoms with Gasteiger partial charge in [-0.15, -0.1) is 11.3 Å². The molecule has 0 fully saturated rings. The van der Waals surface area contributed by atoms with Crippen molar-refractivity contribution in [3.63, 3.8) is 0 Å². The summed E-state index contributed by atoms with van der Waals surface area (Å²) in [6.07, 6.45) is 14.8. The fourth-order valence-electron chi connectivity index (χ4n) is 8.73. The van der Waals surface area contributed by atoms with Gasteiger partial charge in [0, 0.05) is 59.8 Å². The molecule has 0 atom stereocenters. The number of furan rings is 1. The molecule has 8 heterocycles. The standard InChI is InChI=1S/C25H20N4O3.C23H18N4O4.C23H18N4O3S/c26-24(30)20-12-22(15-27-13-20)32-16-17-5-4-8-21(11-17)29-25(31)19-9-10-23(28-14-19)18-6-2-1-3-7-18;24-22(28)17-10-19(13-25-11-17)31-14-15-3-1-4-18(9-15)27-23(29)16-6-7-20(26-12-16)21-5-2-8-30-21;24-22(28)17-10-19(13-25-11-17)30-14-15-3-1-4-18(9-15)27-23(29)16-6-7-20(26-12-16)21-5-2-8-31-21/h1-15H,16H2,(H2,26,30)(H,29,31);2*1-13H,14H2,(H2,24,28)(H,27,29). The van der Waals surface area contributed by atoms with E-state index in [1.165, 1.54) is 61.6 Å². The molecule has 0 bridgehead atoms. The Labute approximate surface area is 541 Å². The third kappa shape index (κ3) is 18.3. The number of nitrogens with zero attached hydrogens (tertiary/aromatic N) is 6. The number of primary amides is 3. The summed E-state index contributed by atoms with van der Waals surface area (Å²) >= 11 is 1.60. The molecule has 466 valence electrons. The first-order chi connectivity index (χ1) is 45.7. The van der Waals surface area contributed by atoms with Crippen LogP contribution in [-0.2, 0) is 19.8 Å². The number of hydrogen-bond acceptors (Lipinski definition) is 17. The van der Waals surface area contributed by atoms with Crippen LogP contribution in [-0.4, -0.2) is 65.3 Å². The van der Waals surface area contributed by atoms with Crippen LogP contribution < -0.4 is 47.4 Å². The van der Waals surface area contributed by atoms with E-state index in [0.29, 0.717) is 62.5 Å². The molecule has 0 aliphatic heterocycles. The van der Waals surface area contributed by atoms with Crippen molar-refractivity contribution in [2.45, 2.75) is 19.8 Å². The van der Waals surface area contributed by atoms with E-state index in [0.717, 1.165) is 38.5 Å². The quantitative estimate of drug-likeness (QED) is 0.0389. The summed E-state index contributed by atoms with van der Waals surface area (Å²) in [5.41, 5.74) is 25.6. The zero-order chi connectivity index (χ0) is 65.6. The number of nitrogens with one attached hydrogen (secondary N) is 3. The summed E-state index contributed by atoms with van der Waals surface area (Å²) in [4.78, 5) is 97.4. The summed E-state index contributed by atoms with van der Waals surface area (Å²) in [5.74, 6) is -0.577. The number of aromatic nitrogens is 6. The Hall–Kier alpha value is -13.0. The van der Waals surface area contributed by atoms with Gasteiger partial charge < -0.3 is 51.8 Å². The fourth-order valence-corrected chi connectivity index (χ4v) is 9.43.